The number of anilines is 3. The van der Waals surface area contributed by atoms with E-state index in [0.717, 1.165) is 29.3 Å². The highest BCUT2D eigenvalue weighted by atomic mass is 15.0. The second kappa shape index (κ2) is 5.74. The highest BCUT2D eigenvalue weighted by molar-refractivity contribution is 5.59. The fraction of sp³-hybridized carbons (Fsp3) is 0.312. The first-order valence-electron chi connectivity index (χ1n) is 6.63. The normalized spacial score (nSPS) is 10.7. The minimum atomic E-state index is 0.681. The molecule has 1 aromatic carbocycles. The molecule has 3 N–H and O–H groups in total. The standard InChI is InChI=1S/C16H21N3/c1-11(2)10-13-4-6-14(7-5-13)19-16-9-8-15(17)12(3)18-16/h4-9,11H,10,17H2,1-3H3,(H,18,19). The van der Waals surface area contributed by atoms with Gasteiger partial charge >= 0.3 is 0 Å². The van der Waals surface area contributed by atoms with Crippen LogP contribution in [0.25, 0.3) is 0 Å². The monoisotopic (exact) mass is 255 g/mol. The zero-order valence-corrected chi connectivity index (χ0v) is 11.8. The van der Waals surface area contributed by atoms with Crippen LogP contribution in [0.5, 0.6) is 0 Å². The molecule has 0 aliphatic carbocycles. The zero-order chi connectivity index (χ0) is 13.8. The fourth-order valence-corrected chi connectivity index (χ4v) is 1.98. The van der Waals surface area contributed by atoms with Gasteiger partial charge in [-0.3, -0.25) is 0 Å². The van der Waals surface area contributed by atoms with E-state index in [0.29, 0.717) is 5.92 Å². The molecule has 0 radical (unpaired) electrons. The van der Waals surface area contributed by atoms with Gasteiger partial charge in [-0.1, -0.05) is 26.0 Å². The van der Waals surface area contributed by atoms with E-state index in [2.05, 4.69) is 48.4 Å². The van der Waals surface area contributed by atoms with Crippen LogP contribution in [-0.4, -0.2) is 4.98 Å². The van der Waals surface area contributed by atoms with E-state index in [9.17, 15) is 0 Å². The van der Waals surface area contributed by atoms with Gasteiger partial charge in [0.05, 0.1) is 11.4 Å². The minimum absolute atomic E-state index is 0.681. The van der Waals surface area contributed by atoms with Crippen molar-refractivity contribution in [2.24, 2.45) is 5.92 Å². The van der Waals surface area contributed by atoms with Gasteiger partial charge in [0.15, 0.2) is 0 Å². The van der Waals surface area contributed by atoms with Gasteiger partial charge in [0, 0.05) is 5.69 Å². The molecule has 0 bridgehead atoms. The largest absolute Gasteiger partial charge is 0.397 e. The van der Waals surface area contributed by atoms with E-state index in [1.54, 1.807) is 0 Å². The Morgan fingerprint density at radius 1 is 1.11 bits per heavy atom. The van der Waals surface area contributed by atoms with Gasteiger partial charge in [-0.25, -0.2) is 4.98 Å². The van der Waals surface area contributed by atoms with Crippen molar-refractivity contribution in [2.75, 3.05) is 11.1 Å². The number of nitrogens with two attached hydrogens (primary N) is 1. The zero-order valence-electron chi connectivity index (χ0n) is 11.8. The molecule has 0 atom stereocenters. The van der Waals surface area contributed by atoms with Crippen LogP contribution < -0.4 is 11.1 Å². The number of hydrogen-bond donors (Lipinski definition) is 2. The lowest BCUT2D eigenvalue weighted by atomic mass is 10.0. The molecule has 19 heavy (non-hydrogen) atoms. The lowest BCUT2D eigenvalue weighted by Gasteiger charge is -2.09. The van der Waals surface area contributed by atoms with E-state index in [-0.39, 0.29) is 0 Å². The number of nitrogens with one attached hydrogen (secondary N) is 1. The summed E-state index contributed by atoms with van der Waals surface area (Å²) in [5, 5.41) is 3.29. The Morgan fingerprint density at radius 3 is 2.37 bits per heavy atom. The number of nitrogen functional groups attached to an aromatic ring is 1. The molecule has 0 amide bonds. The summed E-state index contributed by atoms with van der Waals surface area (Å²) in [4.78, 5) is 4.40. The van der Waals surface area contributed by atoms with Crippen LogP contribution in [0.1, 0.15) is 25.1 Å². The van der Waals surface area contributed by atoms with Gasteiger partial charge in [-0.05, 0) is 49.1 Å². The maximum atomic E-state index is 5.76. The maximum absolute atomic E-state index is 5.76. The Balaban J connectivity index is 2.08. The first kappa shape index (κ1) is 13.4. The van der Waals surface area contributed by atoms with Crippen LogP contribution in [0.15, 0.2) is 36.4 Å². The van der Waals surface area contributed by atoms with Crippen LogP contribution in [-0.2, 0) is 6.42 Å². The van der Waals surface area contributed by atoms with Gasteiger partial charge in [-0.15, -0.1) is 0 Å². The molecule has 0 spiro atoms. The molecular weight excluding hydrogens is 234 g/mol. The van der Waals surface area contributed by atoms with Crippen LogP contribution in [0.2, 0.25) is 0 Å². The molecule has 0 unspecified atom stereocenters. The summed E-state index contributed by atoms with van der Waals surface area (Å²) in [7, 11) is 0. The van der Waals surface area contributed by atoms with Crippen molar-refractivity contribution in [3.63, 3.8) is 0 Å². The molecule has 3 heteroatoms. The number of aryl methyl sites for hydroxylation is 1. The first-order chi connectivity index (χ1) is 9.04. The van der Waals surface area contributed by atoms with Crippen molar-refractivity contribution >= 4 is 17.2 Å². The third-order valence-electron chi connectivity index (χ3n) is 3.00. The lowest BCUT2D eigenvalue weighted by Crippen LogP contribution is -1.99. The van der Waals surface area contributed by atoms with E-state index in [1.807, 2.05) is 19.1 Å². The van der Waals surface area contributed by atoms with Crippen LogP contribution in [0, 0.1) is 12.8 Å². The van der Waals surface area contributed by atoms with Crippen molar-refractivity contribution in [3.05, 3.63) is 47.7 Å². The van der Waals surface area contributed by atoms with Gasteiger partial charge in [0.25, 0.3) is 0 Å². The molecule has 100 valence electrons. The summed E-state index contributed by atoms with van der Waals surface area (Å²) in [6, 6.07) is 12.3. The third-order valence-corrected chi connectivity index (χ3v) is 3.00. The van der Waals surface area contributed by atoms with E-state index in [4.69, 9.17) is 5.73 Å². The van der Waals surface area contributed by atoms with Crippen LogP contribution in [0.3, 0.4) is 0 Å². The van der Waals surface area contributed by atoms with Gasteiger partial charge in [0.2, 0.25) is 0 Å². The molecule has 0 saturated carbocycles. The van der Waals surface area contributed by atoms with E-state index in [1.165, 1.54) is 5.56 Å². The molecular formula is C16H21N3. The summed E-state index contributed by atoms with van der Waals surface area (Å²) < 4.78 is 0. The van der Waals surface area contributed by atoms with Crippen molar-refractivity contribution in [1.29, 1.82) is 0 Å². The van der Waals surface area contributed by atoms with Crippen molar-refractivity contribution in [3.8, 4) is 0 Å². The quantitative estimate of drug-likeness (QED) is 0.870. The molecule has 2 aromatic rings. The molecule has 3 nitrogen and oxygen atoms in total. The van der Waals surface area contributed by atoms with Gasteiger partial charge in [-0.2, -0.15) is 0 Å². The average Bonchev–Trinajstić information content (AvgIpc) is 2.36. The lowest BCUT2D eigenvalue weighted by molar-refractivity contribution is 0.647. The summed E-state index contributed by atoms with van der Waals surface area (Å²) in [5.74, 6) is 1.50. The minimum Gasteiger partial charge on any atom is -0.397 e. The number of hydrogen-bond acceptors (Lipinski definition) is 3. The summed E-state index contributed by atoms with van der Waals surface area (Å²) >= 11 is 0. The number of nitrogens with zero attached hydrogens (tertiary/aromatic N) is 1. The predicted molar refractivity (Wildman–Crippen MR) is 81.7 cm³/mol. The Hall–Kier alpha value is -2.03. The highest BCUT2D eigenvalue weighted by Gasteiger charge is 2.01. The molecule has 0 aliphatic rings. The Bertz CT molecular complexity index is 544. The number of rotatable bonds is 4. The van der Waals surface area contributed by atoms with Crippen LogP contribution in [0.4, 0.5) is 17.2 Å². The molecule has 1 aromatic heterocycles. The topological polar surface area (TPSA) is 50.9 Å². The first-order valence-corrected chi connectivity index (χ1v) is 6.63. The van der Waals surface area contributed by atoms with Crippen LogP contribution >= 0.6 is 0 Å². The third kappa shape index (κ3) is 3.71. The molecule has 0 aliphatic heterocycles. The highest BCUT2D eigenvalue weighted by Crippen LogP contribution is 2.19. The second-order valence-electron chi connectivity index (χ2n) is 5.29. The van der Waals surface area contributed by atoms with Crippen molar-refractivity contribution < 1.29 is 0 Å². The molecule has 1 heterocycles. The van der Waals surface area contributed by atoms with E-state index < -0.39 is 0 Å². The SMILES string of the molecule is Cc1nc(Nc2ccc(CC(C)C)cc2)ccc1N. The Morgan fingerprint density at radius 2 is 1.79 bits per heavy atom. The van der Waals surface area contributed by atoms with Crippen molar-refractivity contribution in [2.45, 2.75) is 27.2 Å². The maximum Gasteiger partial charge on any atom is 0.130 e. The van der Waals surface area contributed by atoms with Gasteiger partial charge < -0.3 is 11.1 Å². The predicted octanol–water partition coefficient (Wildman–Crippen LogP) is 3.91. The number of aromatic nitrogens is 1. The number of pyridine rings is 1. The number of benzene rings is 1. The van der Waals surface area contributed by atoms with Gasteiger partial charge in [0.1, 0.15) is 5.82 Å². The summed E-state index contributed by atoms with van der Waals surface area (Å²) in [6.45, 7) is 6.37. The average molecular weight is 255 g/mol. The smallest absolute Gasteiger partial charge is 0.130 e. The summed E-state index contributed by atoms with van der Waals surface area (Å²) in [5.41, 5.74) is 9.74. The second-order valence-corrected chi connectivity index (χ2v) is 5.29. The molecule has 0 saturated heterocycles. The Labute approximate surface area is 114 Å². The van der Waals surface area contributed by atoms with E-state index >= 15 is 0 Å². The molecule has 0 fully saturated rings. The fourth-order valence-electron chi connectivity index (χ4n) is 1.98. The Kier molecular flexibility index (Phi) is 4.05. The summed E-state index contributed by atoms with van der Waals surface area (Å²) in [6.07, 6.45) is 1.11. The van der Waals surface area contributed by atoms with Crippen molar-refractivity contribution in [1.82, 2.24) is 4.98 Å². The molecule has 2 rings (SSSR count).